The largest absolute Gasteiger partial charge is 0.360 e. The molecular weight excluding hydrogens is 272 g/mol. The smallest absolute Gasteiger partial charge is 0.245 e. The molecule has 2 aliphatic rings. The summed E-state index contributed by atoms with van der Waals surface area (Å²) in [5.41, 5.74) is 0. The van der Waals surface area contributed by atoms with Crippen molar-refractivity contribution < 1.29 is 14.1 Å². The Morgan fingerprint density at radius 1 is 1.52 bits per heavy atom. The van der Waals surface area contributed by atoms with Crippen LogP contribution < -0.4 is 10.6 Å². The van der Waals surface area contributed by atoms with E-state index in [1.54, 1.807) is 20.0 Å². The summed E-state index contributed by atoms with van der Waals surface area (Å²) in [6.45, 7) is 1.78. The first-order chi connectivity index (χ1) is 10.0. The average Bonchev–Trinajstić information content (AvgIpc) is 3.14. The summed E-state index contributed by atoms with van der Waals surface area (Å²) in [4.78, 5) is 25.8. The van der Waals surface area contributed by atoms with E-state index in [0.29, 0.717) is 17.6 Å². The van der Waals surface area contributed by atoms with Crippen LogP contribution in [-0.4, -0.2) is 47.5 Å². The maximum absolute atomic E-state index is 12.4. The van der Waals surface area contributed by atoms with E-state index in [2.05, 4.69) is 15.8 Å². The fourth-order valence-corrected chi connectivity index (χ4v) is 3.28. The van der Waals surface area contributed by atoms with Crippen molar-refractivity contribution in [3.63, 3.8) is 0 Å². The van der Waals surface area contributed by atoms with Crippen LogP contribution in [0.15, 0.2) is 10.6 Å². The number of carbonyl (C=O) groups excluding carboxylic acids is 2. The first-order valence-electron chi connectivity index (χ1n) is 7.27. The Hall–Kier alpha value is -1.89. The number of nitrogens with zero attached hydrogens (tertiary/aromatic N) is 2. The lowest BCUT2D eigenvalue weighted by atomic mass is 9.88. The molecule has 0 spiro atoms. The van der Waals surface area contributed by atoms with Crippen LogP contribution in [0.5, 0.6) is 0 Å². The molecule has 0 aromatic carbocycles. The monoisotopic (exact) mass is 292 g/mol. The van der Waals surface area contributed by atoms with Gasteiger partial charge in [0.25, 0.3) is 0 Å². The molecule has 7 heteroatoms. The van der Waals surface area contributed by atoms with Crippen molar-refractivity contribution in [2.45, 2.75) is 38.3 Å². The van der Waals surface area contributed by atoms with Gasteiger partial charge in [0.15, 0.2) is 5.82 Å². The molecular formula is C14H20N4O3. The van der Waals surface area contributed by atoms with Gasteiger partial charge in [-0.25, -0.2) is 0 Å². The van der Waals surface area contributed by atoms with Crippen LogP contribution in [0.2, 0.25) is 0 Å². The number of likely N-dealkylation sites (N-methyl/N-ethyl adjacent to an activating group) is 1. The van der Waals surface area contributed by atoms with Gasteiger partial charge in [0.2, 0.25) is 11.8 Å². The molecule has 2 saturated heterocycles. The fourth-order valence-electron chi connectivity index (χ4n) is 3.28. The third-order valence-corrected chi connectivity index (χ3v) is 4.27. The zero-order chi connectivity index (χ0) is 15.0. The van der Waals surface area contributed by atoms with Gasteiger partial charge >= 0.3 is 0 Å². The van der Waals surface area contributed by atoms with Crippen LogP contribution in [0.25, 0.3) is 0 Å². The van der Waals surface area contributed by atoms with Crippen molar-refractivity contribution in [2.75, 3.05) is 18.9 Å². The summed E-state index contributed by atoms with van der Waals surface area (Å²) in [7, 11) is 1.67. The molecule has 3 unspecified atom stereocenters. The van der Waals surface area contributed by atoms with Gasteiger partial charge in [0.05, 0.1) is 12.5 Å². The SMILES string of the molecule is Cc1cc(NC(=O)CN(C)C(=O)C2CC3CCC2N3)no1. The predicted octanol–water partition coefficient (Wildman–Crippen LogP) is 0.520. The quantitative estimate of drug-likeness (QED) is 0.845. The number of fused-ring (bicyclic) bond motifs is 2. The number of amides is 2. The number of hydrogen-bond acceptors (Lipinski definition) is 5. The highest BCUT2D eigenvalue weighted by atomic mass is 16.5. The van der Waals surface area contributed by atoms with Crippen LogP contribution in [0.3, 0.4) is 0 Å². The summed E-state index contributed by atoms with van der Waals surface area (Å²) in [6, 6.07) is 2.40. The molecule has 0 aliphatic carbocycles. The molecule has 2 N–H and O–H groups in total. The lowest BCUT2D eigenvalue weighted by molar-refractivity contribution is -0.137. The van der Waals surface area contributed by atoms with Crippen LogP contribution in [-0.2, 0) is 9.59 Å². The Bertz CT molecular complexity index is 556. The topological polar surface area (TPSA) is 87.5 Å². The van der Waals surface area contributed by atoms with Crippen LogP contribution in [0.1, 0.15) is 25.0 Å². The third kappa shape index (κ3) is 2.92. The lowest BCUT2D eigenvalue weighted by Crippen LogP contribution is -2.42. The van der Waals surface area contributed by atoms with Crippen LogP contribution in [0.4, 0.5) is 5.82 Å². The van der Waals surface area contributed by atoms with E-state index in [-0.39, 0.29) is 30.3 Å². The van der Waals surface area contributed by atoms with Crippen molar-refractivity contribution in [2.24, 2.45) is 5.92 Å². The van der Waals surface area contributed by atoms with Gasteiger partial charge in [-0.1, -0.05) is 5.16 Å². The average molecular weight is 292 g/mol. The maximum Gasteiger partial charge on any atom is 0.245 e. The highest BCUT2D eigenvalue weighted by Crippen LogP contribution is 2.34. The number of aryl methyl sites for hydroxylation is 1. The Morgan fingerprint density at radius 3 is 2.90 bits per heavy atom. The van der Waals surface area contributed by atoms with E-state index in [0.717, 1.165) is 19.3 Å². The molecule has 3 rings (SSSR count). The summed E-state index contributed by atoms with van der Waals surface area (Å²) in [5, 5.41) is 9.75. The second-order valence-corrected chi connectivity index (χ2v) is 5.95. The summed E-state index contributed by atoms with van der Waals surface area (Å²) in [6.07, 6.45) is 3.10. The van der Waals surface area contributed by atoms with Gasteiger partial charge in [0.1, 0.15) is 5.76 Å². The fraction of sp³-hybridized carbons (Fsp3) is 0.643. The molecule has 3 atom stereocenters. The third-order valence-electron chi connectivity index (χ3n) is 4.27. The number of carbonyl (C=O) groups is 2. The Morgan fingerprint density at radius 2 is 2.33 bits per heavy atom. The molecule has 2 bridgehead atoms. The minimum Gasteiger partial charge on any atom is -0.360 e. The first kappa shape index (κ1) is 14.1. The second-order valence-electron chi connectivity index (χ2n) is 5.95. The van der Waals surface area contributed by atoms with Gasteiger partial charge in [0, 0.05) is 25.2 Å². The molecule has 7 nitrogen and oxygen atoms in total. The molecule has 0 saturated carbocycles. The number of nitrogens with one attached hydrogen (secondary N) is 2. The number of anilines is 1. The second kappa shape index (κ2) is 5.48. The Labute approximate surface area is 123 Å². The standard InChI is InChI=1S/C14H20N4O3/c1-8-5-12(17-21-8)16-13(19)7-18(2)14(20)10-6-9-3-4-11(10)15-9/h5,9-11,15H,3-4,6-7H2,1-2H3,(H,16,17,19). The molecule has 114 valence electrons. The van der Waals surface area contributed by atoms with Crippen LogP contribution in [0, 0.1) is 12.8 Å². The van der Waals surface area contributed by atoms with E-state index < -0.39 is 0 Å². The highest BCUT2D eigenvalue weighted by Gasteiger charge is 2.43. The van der Waals surface area contributed by atoms with E-state index >= 15 is 0 Å². The molecule has 2 aliphatic heterocycles. The molecule has 1 aromatic heterocycles. The van der Waals surface area contributed by atoms with Crippen molar-refractivity contribution in [1.82, 2.24) is 15.4 Å². The molecule has 2 fully saturated rings. The van der Waals surface area contributed by atoms with Gasteiger partial charge in [-0.15, -0.1) is 0 Å². The van der Waals surface area contributed by atoms with E-state index in [4.69, 9.17) is 4.52 Å². The minimum atomic E-state index is -0.268. The van der Waals surface area contributed by atoms with Crippen molar-refractivity contribution in [3.05, 3.63) is 11.8 Å². The first-order valence-corrected chi connectivity index (χ1v) is 7.27. The van der Waals surface area contributed by atoms with E-state index in [9.17, 15) is 9.59 Å². The molecule has 3 heterocycles. The van der Waals surface area contributed by atoms with Gasteiger partial charge in [-0.3, -0.25) is 9.59 Å². The van der Waals surface area contributed by atoms with Crippen LogP contribution >= 0.6 is 0 Å². The predicted molar refractivity (Wildman–Crippen MR) is 75.6 cm³/mol. The number of aromatic nitrogens is 1. The number of rotatable bonds is 4. The minimum absolute atomic E-state index is 0.0100. The van der Waals surface area contributed by atoms with E-state index in [1.807, 2.05) is 0 Å². The zero-order valence-electron chi connectivity index (χ0n) is 12.3. The van der Waals surface area contributed by atoms with Gasteiger partial charge in [-0.05, 0) is 26.2 Å². The zero-order valence-corrected chi connectivity index (χ0v) is 12.3. The lowest BCUT2D eigenvalue weighted by Gasteiger charge is -2.25. The van der Waals surface area contributed by atoms with Gasteiger partial charge in [-0.2, -0.15) is 0 Å². The molecule has 21 heavy (non-hydrogen) atoms. The summed E-state index contributed by atoms with van der Waals surface area (Å²) < 4.78 is 4.88. The van der Waals surface area contributed by atoms with Crippen molar-refractivity contribution in [3.8, 4) is 0 Å². The molecule has 0 radical (unpaired) electrons. The molecule has 1 aromatic rings. The molecule has 2 amide bonds. The van der Waals surface area contributed by atoms with Crippen molar-refractivity contribution >= 4 is 17.6 Å². The summed E-state index contributed by atoms with van der Waals surface area (Å²) >= 11 is 0. The maximum atomic E-state index is 12.4. The van der Waals surface area contributed by atoms with E-state index in [1.165, 1.54) is 4.90 Å². The Kier molecular flexibility index (Phi) is 3.67. The van der Waals surface area contributed by atoms with Gasteiger partial charge < -0.3 is 20.1 Å². The highest BCUT2D eigenvalue weighted by molar-refractivity contribution is 5.94. The number of hydrogen-bond donors (Lipinski definition) is 2. The van der Waals surface area contributed by atoms with Crippen molar-refractivity contribution in [1.29, 1.82) is 0 Å². The Balaban J connectivity index is 1.52. The summed E-state index contributed by atoms with van der Waals surface area (Å²) in [5.74, 6) is 0.787. The normalized spacial score (nSPS) is 26.9.